The number of nitrogens with zero attached hydrogens (tertiary/aromatic N) is 2. The Balaban J connectivity index is 1.96. The van der Waals surface area contributed by atoms with Crippen LogP contribution in [0.15, 0.2) is 12.3 Å². The van der Waals surface area contributed by atoms with Crippen LogP contribution in [0.4, 0.5) is 0 Å². The molecule has 1 aliphatic heterocycles. The van der Waals surface area contributed by atoms with Crippen LogP contribution in [0.25, 0.3) is 0 Å². The van der Waals surface area contributed by atoms with E-state index in [0.717, 1.165) is 30.8 Å². The van der Waals surface area contributed by atoms with Crippen LogP contribution in [-0.4, -0.2) is 48.1 Å². The lowest BCUT2D eigenvalue weighted by Gasteiger charge is -2.31. The molecule has 1 atom stereocenters. The molecule has 1 aromatic heterocycles. The number of ether oxygens (including phenoxy) is 1. The molecule has 1 saturated heterocycles. The zero-order valence-electron chi connectivity index (χ0n) is 15.7. The summed E-state index contributed by atoms with van der Waals surface area (Å²) in [5.41, 5.74) is 2.76. The van der Waals surface area contributed by atoms with Crippen molar-refractivity contribution in [3.8, 4) is 0 Å². The number of aryl methyl sites for hydroxylation is 1. The Labute approximate surface area is 145 Å². The zero-order valence-corrected chi connectivity index (χ0v) is 15.7. The number of hydrogen-bond acceptors (Lipinski definition) is 4. The highest BCUT2D eigenvalue weighted by atomic mass is 16.5. The third kappa shape index (κ3) is 4.33. The van der Waals surface area contributed by atoms with Gasteiger partial charge in [0.1, 0.15) is 0 Å². The molecule has 1 N–H and O–H groups in total. The number of rotatable bonds is 7. The van der Waals surface area contributed by atoms with Crippen LogP contribution in [0.5, 0.6) is 0 Å². The number of nitrogens with one attached hydrogen (secondary N) is 1. The van der Waals surface area contributed by atoms with Crippen molar-refractivity contribution in [1.82, 2.24) is 15.2 Å². The topological polar surface area (TPSA) is 54.5 Å². The summed E-state index contributed by atoms with van der Waals surface area (Å²) < 4.78 is 5.49. The summed E-state index contributed by atoms with van der Waals surface area (Å²) in [6.07, 6.45) is 4.95. The Morgan fingerprint density at radius 3 is 2.83 bits per heavy atom. The van der Waals surface area contributed by atoms with Crippen molar-refractivity contribution < 1.29 is 9.53 Å². The van der Waals surface area contributed by atoms with Gasteiger partial charge in [-0.2, -0.15) is 0 Å². The monoisotopic (exact) mass is 333 g/mol. The minimum absolute atomic E-state index is 0.0179. The molecule has 0 radical (unpaired) electrons. The summed E-state index contributed by atoms with van der Waals surface area (Å²) in [5, 5.41) is 3.02. The van der Waals surface area contributed by atoms with Gasteiger partial charge in [-0.25, -0.2) is 0 Å². The Bertz CT molecular complexity index is 568. The van der Waals surface area contributed by atoms with Crippen LogP contribution in [0.1, 0.15) is 67.8 Å². The molecule has 0 spiro atoms. The van der Waals surface area contributed by atoms with Gasteiger partial charge in [0.05, 0.1) is 11.7 Å². The maximum atomic E-state index is 12.4. The SMILES string of the molecule is CCC(OC)c1cc(C(=O)NCCN2CCCC2(C)C)cnc1C. The fourth-order valence-electron chi connectivity index (χ4n) is 3.50. The summed E-state index contributed by atoms with van der Waals surface area (Å²) in [6, 6.07) is 1.91. The average molecular weight is 333 g/mol. The van der Waals surface area contributed by atoms with E-state index in [1.807, 2.05) is 13.0 Å². The summed E-state index contributed by atoms with van der Waals surface area (Å²) in [6.45, 7) is 11.2. The highest BCUT2D eigenvalue weighted by Crippen LogP contribution is 2.27. The first-order valence-electron chi connectivity index (χ1n) is 8.91. The Morgan fingerprint density at radius 1 is 1.50 bits per heavy atom. The fourth-order valence-corrected chi connectivity index (χ4v) is 3.50. The summed E-state index contributed by atoms with van der Waals surface area (Å²) >= 11 is 0. The van der Waals surface area contributed by atoms with Gasteiger partial charge in [0.15, 0.2) is 0 Å². The molecule has 1 unspecified atom stereocenters. The molecule has 2 rings (SSSR count). The van der Waals surface area contributed by atoms with Crippen molar-refractivity contribution in [3.05, 3.63) is 29.1 Å². The van der Waals surface area contributed by atoms with Crippen LogP contribution >= 0.6 is 0 Å². The maximum Gasteiger partial charge on any atom is 0.252 e. The fraction of sp³-hybridized carbons (Fsp3) is 0.684. The molecule has 0 bridgehead atoms. The molecule has 1 fully saturated rings. The van der Waals surface area contributed by atoms with Crippen molar-refractivity contribution in [2.75, 3.05) is 26.7 Å². The lowest BCUT2D eigenvalue weighted by atomic mass is 10.0. The van der Waals surface area contributed by atoms with E-state index in [1.54, 1.807) is 13.3 Å². The first kappa shape index (κ1) is 18.9. The second-order valence-corrected chi connectivity index (χ2v) is 7.19. The van der Waals surface area contributed by atoms with Crippen LogP contribution in [0.3, 0.4) is 0 Å². The van der Waals surface area contributed by atoms with E-state index in [4.69, 9.17) is 4.74 Å². The van der Waals surface area contributed by atoms with E-state index in [1.165, 1.54) is 12.8 Å². The molecule has 2 heterocycles. The third-order valence-corrected chi connectivity index (χ3v) is 5.13. The molecule has 0 aliphatic carbocycles. The Morgan fingerprint density at radius 2 is 2.25 bits per heavy atom. The summed E-state index contributed by atoms with van der Waals surface area (Å²) in [7, 11) is 1.69. The van der Waals surface area contributed by atoms with Gasteiger partial charge in [0.2, 0.25) is 0 Å². The number of methoxy groups -OCH3 is 1. The van der Waals surface area contributed by atoms with Crippen molar-refractivity contribution in [2.45, 2.75) is 58.6 Å². The molecule has 24 heavy (non-hydrogen) atoms. The molecule has 5 nitrogen and oxygen atoms in total. The van der Waals surface area contributed by atoms with E-state index in [0.29, 0.717) is 12.1 Å². The molecule has 1 aliphatic rings. The molecule has 1 amide bonds. The lowest BCUT2D eigenvalue weighted by molar-refractivity contribution is 0.0933. The first-order valence-corrected chi connectivity index (χ1v) is 8.91. The van der Waals surface area contributed by atoms with Crippen LogP contribution < -0.4 is 5.32 Å². The number of aromatic nitrogens is 1. The number of carbonyl (C=O) groups excluding carboxylic acids is 1. The predicted octanol–water partition coefficient (Wildman–Crippen LogP) is 3.09. The molecule has 1 aromatic rings. The highest BCUT2D eigenvalue weighted by molar-refractivity contribution is 5.94. The zero-order chi connectivity index (χ0) is 17.7. The maximum absolute atomic E-state index is 12.4. The molecule has 0 saturated carbocycles. The summed E-state index contributed by atoms with van der Waals surface area (Å²) in [4.78, 5) is 19.3. The smallest absolute Gasteiger partial charge is 0.252 e. The van der Waals surface area contributed by atoms with E-state index >= 15 is 0 Å². The van der Waals surface area contributed by atoms with E-state index in [-0.39, 0.29) is 17.6 Å². The predicted molar refractivity (Wildman–Crippen MR) is 96.2 cm³/mol. The first-order chi connectivity index (χ1) is 11.4. The van der Waals surface area contributed by atoms with Crippen molar-refractivity contribution in [1.29, 1.82) is 0 Å². The molecule has 134 valence electrons. The minimum atomic E-state index is -0.0632. The largest absolute Gasteiger partial charge is 0.377 e. The van der Waals surface area contributed by atoms with Crippen LogP contribution in [0.2, 0.25) is 0 Å². The average Bonchev–Trinajstić information content (AvgIpc) is 2.89. The van der Waals surface area contributed by atoms with Crippen molar-refractivity contribution >= 4 is 5.91 Å². The quantitative estimate of drug-likeness (QED) is 0.833. The summed E-state index contributed by atoms with van der Waals surface area (Å²) in [5.74, 6) is -0.0632. The number of carbonyl (C=O) groups is 1. The number of pyridine rings is 1. The highest BCUT2D eigenvalue weighted by Gasteiger charge is 2.31. The Kier molecular flexibility index (Phi) is 6.35. The standard InChI is InChI=1S/C19H31N3O2/c1-6-17(24-5)16-12-15(13-21-14(16)2)18(23)20-9-11-22-10-7-8-19(22,3)4/h12-13,17H,6-11H2,1-5H3,(H,20,23). The van der Waals surface area contributed by atoms with Gasteiger partial charge >= 0.3 is 0 Å². The lowest BCUT2D eigenvalue weighted by Crippen LogP contribution is -2.43. The van der Waals surface area contributed by atoms with Crippen LogP contribution in [-0.2, 0) is 4.74 Å². The van der Waals surface area contributed by atoms with Crippen LogP contribution in [0, 0.1) is 6.92 Å². The normalized spacial score (nSPS) is 18.5. The molecule has 0 aromatic carbocycles. The van der Waals surface area contributed by atoms with Gasteiger partial charge < -0.3 is 10.1 Å². The number of amides is 1. The molecular weight excluding hydrogens is 302 g/mol. The molecule has 5 heteroatoms. The van der Waals surface area contributed by atoms with E-state index in [9.17, 15) is 4.79 Å². The molecular formula is C19H31N3O2. The van der Waals surface area contributed by atoms with Crippen molar-refractivity contribution in [2.24, 2.45) is 0 Å². The van der Waals surface area contributed by atoms with Crippen molar-refractivity contribution in [3.63, 3.8) is 0 Å². The van der Waals surface area contributed by atoms with Gasteiger partial charge in [-0.3, -0.25) is 14.7 Å². The van der Waals surface area contributed by atoms with E-state index < -0.39 is 0 Å². The minimum Gasteiger partial charge on any atom is -0.377 e. The van der Waals surface area contributed by atoms with E-state index in [2.05, 4.69) is 36.0 Å². The van der Waals surface area contributed by atoms with Gasteiger partial charge in [0, 0.05) is 43.2 Å². The second kappa shape index (κ2) is 8.08. The van der Waals surface area contributed by atoms with Gasteiger partial charge in [-0.15, -0.1) is 0 Å². The van der Waals surface area contributed by atoms with Gasteiger partial charge in [0.25, 0.3) is 5.91 Å². The number of hydrogen-bond donors (Lipinski definition) is 1. The Hall–Kier alpha value is -1.46. The second-order valence-electron chi connectivity index (χ2n) is 7.19. The third-order valence-electron chi connectivity index (χ3n) is 5.13. The van der Waals surface area contributed by atoms with Gasteiger partial charge in [-0.1, -0.05) is 6.92 Å². The van der Waals surface area contributed by atoms with Gasteiger partial charge in [-0.05, 0) is 52.6 Å². The number of likely N-dealkylation sites (tertiary alicyclic amines) is 1.